The second kappa shape index (κ2) is 4.63. The molecular weight excluding hydrogens is 242 g/mol. The molecular formula is C15H11NOS. The Morgan fingerprint density at radius 1 is 0.778 bits per heavy atom. The number of thiazole rings is 1. The zero-order chi connectivity index (χ0) is 12.4. The molecule has 0 atom stereocenters. The second-order valence-corrected chi connectivity index (χ2v) is 4.88. The first kappa shape index (κ1) is 11.0. The summed E-state index contributed by atoms with van der Waals surface area (Å²) in [4.78, 5) is 4.52. The lowest BCUT2D eigenvalue weighted by Crippen LogP contribution is -1.79. The molecule has 0 aliphatic carbocycles. The molecule has 3 heteroatoms. The number of hydrogen-bond acceptors (Lipinski definition) is 3. The van der Waals surface area contributed by atoms with Gasteiger partial charge in [0.2, 0.25) is 0 Å². The maximum Gasteiger partial charge on any atom is 0.200 e. The summed E-state index contributed by atoms with van der Waals surface area (Å²) >= 11 is 1.31. The summed E-state index contributed by atoms with van der Waals surface area (Å²) in [6.45, 7) is 0. The molecule has 0 saturated heterocycles. The van der Waals surface area contributed by atoms with Gasteiger partial charge in [0, 0.05) is 11.1 Å². The van der Waals surface area contributed by atoms with Crippen LogP contribution in [-0.4, -0.2) is 10.1 Å². The van der Waals surface area contributed by atoms with E-state index in [2.05, 4.69) is 4.98 Å². The minimum Gasteiger partial charge on any atom is -0.498 e. The molecule has 2 nitrogen and oxygen atoms in total. The number of nitrogens with zero attached hydrogens (tertiary/aromatic N) is 1. The van der Waals surface area contributed by atoms with Crippen LogP contribution in [0.3, 0.4) is 0 Å². The highest BCUT2D eigenvalue weighted by Crippen LogP contribution is 2.38. The Kier molecular flexibility index (Phi) is 2.82. The van der Waals surface area contributed by atoms with Gasteiger partial charge in [-0.1, -0.05) is 72.0 Å². The van der Waals surface area contributed by atoms with Crippen LogP contribution >= 0.6 is 11.3 Å². The first-order valence-electron chi connectivity index (χ1n) is 5.65. The molecule has 3 aromatic rings. The number of benzene rings is 2. The van der Waals surface area contributed by atoms with Crippen molar-refractivity contribution in [2.24, 2.45) is 0 Å². The largest absolute Gasteiger partial charge is 0.498 e. The van der Waals surface area contributed by atoms with Gasteiger partial charge in [-0.2, -0.15) is 0 Å². The van der Waals surface area contributed by atoms with E-state index in [0.717, 1.165) is 16.1 Å². The van der Waals surface area contributed by atoms with E-state index in [1.54, 1.807) is 0 Å². The molecule has 0 aliphatic rings. The summed E-state index contributed by atoms with van der Waals surface area (Å²) in [5.41, 5.74) is 2.62. The number of aromatic hydroxyl groups is 1. The Bertz CT molecular complexity index is 647. The molecule has 2 aromatic carbocycles. The van der Waals surface area contributed by atoms with E-state index < -0.39 is 0 Å². The van der Waals surface area contributed by atoms with E-state index in [0.29, 0.717) is 5.69 Å². The van der Waals surface area contributed by atoms with Crippen molar-refractivity contribution in [1.29, 1.82) is 0 Å². The van der Waals surface area contributed by atoms with Crippen LogP contribution in [0.25, 0.3) is 21.8 Å². The molecule has 18 heavy (non-hydrogen) atoms. The maximum absolute atomic E-state index is 10.0. The normalized spacial score (nSPS) is 10.4. The van der Waals surface area contributed by atoms with Crippen molar-refractivity contribution in [3.63, 3.8) is 0 Å². The highest BCUT2D eigenvalue weighted by atomic mass is 32.1. The molecule has 1 N–H and O–H groups in total. The minimum absolute atomic E-state index is 0.264. The fourth-order valence-corrected chi connectivity index (χ4v) is 2.63. The third kappa shape index (κ3) is 2.00. The molecule has 0 amide bonds. The highest BCUT2D eigenvalue weighted by Gasteiger charge is 2.12. The molecule has 3 rings (SSSR count). The van der Waals surface area contributed by atoms with Gasteiger partial charge in [-0.05, 0) is 0 Å². The Morgan fingerprint density at radius 3 is 1.94 bits per heavy atom. The molecule has 0 fully saturated rings. The van der Waals surface area contributed by atoms with Crippen LogP contribution in [0.15, 0.2) is 60.7 Å². The molecule has 0 spiro atoms. The maximum atomic E-state index is 10.0. The van der Waals surface area contributed by atoms with E-state index in [-0.39, 0.29) is 5.06 Å². The van der Waals surface area contributed by atoms with E-state index in [1.807, 2.05) is 60.7 Å². The third-order valence-electron chi connectivity index (χ3n) is 2.68. The van der Waals surface area contributed by atoms with Crippen LogP contribution in [0, 0.1) is 0 Å². The van der Waals surface area contributed by atoms with Crippen LogP contribution < -0.4 is 0 Å². The van der Waals surface area contributed by atoms with Gasteiger partial charge in [-0.15, -0.1) is 0 Å². The molecule has 0 radical (unpaired) electrons. The van der Waals surface area contributed by atoms with Crippen molar-refractivity contribution in [3.05, 3.63) is 60.7 Å². The Hall–Kier alpha value is -2.13. The summed E-state index contributed by atoms with van der Waals surface area (Å²) in [6, 6.07) is 19.6. The zero-order valence-electron chi connectivity index (χ0n) is 9.58. The molecule has 1 heterocycles. The molecule has 0 unspecified atom stereocenters. The van der Waals surface area contributed by atoms with Crippen LogP contribution in [0.1, 0.15) is 0 Å². The van der Waals surface area contributed by atoms with E-state index in [1.165, 1.54) is 11.3 Å². The second-order valence-electron chi connectivity index (χ2n) is 3.90. The smallest absolute Gasteiger partial charge is 0.200 e. The predicted octanol–water partition coefficient (Wildman–Crippen LogP) is 4.18. The standard InChI is InChI=1S/C15H11NOS/c17-15-13(11-7-3-1-4-8-11)16-14(18-15)12-9-5-2-6-10-12/h1-10,17H. The van der Waals surface area contributed by atoms with Crippen molar-refractivity contribution in [2.45, 2.75) is 0 Å². The summed E-state index contributed by atoms with van der Waals surface area (Å²) < 4.78 is 0. The van der Waals surface area contributed by atoms with Crippen LogP contribution in [0.4, 0.5) is 0 Å². The van der Waals surface area contributed by atoms with E-state index in [4.69, 9.17) is 0 Å². The van der Waals surface area contributed by atoms with Gasteiger partial charge in [0.15, 0.2) is 5.06 Å². The summed E-state index contributed by atoms with van der Waals surface area (Å²) in [5.74, 6) is 0. The number of hydrogen-bond donors (Lipinski definition) is 1. The first-order valence-corrected chi connectivity index (χ1v) is 6.47. The fraction of sp³-hybridized carbons (Fsp3) is 0. The van der Waals surface area contributed by atoms with Crippen LogP contribution in [-0.2, 0) is 0 Å². The molecule has 0 saturated carbocycles. The van der Waals surface area contributed by atoms with Gasteiger partial charge in [0.25, 0.3) is 0 Å². The van der Waals surface area contributed by atoms with E-state index in [9.17, 15) is 5.11 Å². The van der Waals surface area contributed by atoms with Crippen molar-refractivity contribution in [2.75, 3.05) is 0 Å². The summed E-state index contributed by atoms with van der Waals surface area (Å²) in [7, 11) is 0. The summed E-state index contributed by atoms with van der Waals surface area (Å²) in [6.07, 6.45) is 0. The zero-order valence-corrected chi connectivity index (χ0v) is 10.4. The number of rotatable bonds is 2. The van der Waals surface area contributed by atoms with Gasteiger partial charge in [0.1, 0.15) is 10.7 Å². The first-order chi connectivity index (χ1) is 8.84. The van der Waals surface area contributed by atoms with Crippen LogP contribution in [0.2, 0.25) is 0 Å². The van der Waals surface area contributed by atoms with Crippen molar-refractivity contribution < 1.29 is 5.11 Å². The van der Waals surface area contributed by atoms with E-state index >= 15 is 0 Å². The third-order valence-corrected chi connectivity index (χ3v) is 3.58. The Morgan fingerprint density at radius 2 is 1.33 bits per heavy atom. The quantitative estimate of drug-likeness (QED) is 0.743. The minimum atomic E-state index is 0.264. The van der Waals surface area contributed by atoms with Gasteiger partial charge >= 0.3 is 0 Å². The monoisotopic (exact) mass is 253 g/mol. The van der Waals surface area contributed by atoms with Gasteiger partial charge < -0.3 is 5.11 Å². The Balaban J connectivity index is 2.07. The topological polar surface area (TPSA) is 33.1 Å². The molecule has 0 aliphatic heterocycles. The lowest BCUT2D eigenvalue weighted by molar-refractivity contribution is 0.491. The average Bonchev–Trinajstić information content (AvgIpc) is 2.83. The lowest BCUT2D eigenvalue weighted by atomic mass is 10.2. The Labute approximate surface area is 109 Å². The summed E-state index contributed by atoms with van der Waals surface area (Å²) in [5, 5.41) is 11.1. The van der Waals surface area contributed by atoms with Gasteiger partial charge in [-0.25, -0.2) is 4.98 Å². The number of aromatic nitrogens is 1. The molecule has 0 bridgehead atoms. The van der Waals surface area contributed by atoms with Gasteiger partial charge in [-0.3, -0.25) is 0 Å². The molecule has 1 aromatic heterocycles. The van der Waals surface area contributed by atoms with Crippen LogP contribution in [0.5, 0.6) is 5.06 Å². The van der Waals surface area contributed by atoms with Crippen molar-refractivity contribution >= 4 is 11.3 Å². The SMILES string of the molecule is Oc1sc(-c2ccccc2)nc1-c1ccccc1. The molecule has 88 valence electrons. The average molecular weight is 253 g/mol. The van der Waals surface area contributed by atoms with Crippen molar-refractivity contribution in [1.82, 2.24) is 4.98 Å². The lowest BCUT2D eigenvalue weighted by Gasteiger charge is -1.96. The van der Waals surface area contributed by atoms with Crippen molar-refractivity contribution in [3.8, 4) is 26.9 Å². The van der Waals surface area contributed by atoms with Gasteiger partial charge in [0.05, 0.1) is 0 Å². The highest BCUT2D eigenvalue weighted by molar-refractivity contribution is 7.17. The fourth-order valence-electron chi connectivity index (χ4n) is 1.80. The predicted molar refractivity (Wildman–Crippen MR) is 74.7 cm³/mol.